The molecule has 5 rings (SSSR count). The number of nitrogens with zero attached hydrogens (tertiary/aromatic N) is 5. The maximum absolute atomic E-state index is 12.3. The molecular weight excluding hydrogens is 480 g/mol. The summed E-state index contributed by atoms with van der Waals surface area (Å²) in [7, 11) is 0. The minimum atomic E-state index is -0.462. The first-order valence-corrected chi connectivity index (χ1v) is 14.1. The Bertz CT molecular complexity index is 1220. The van der Waals surface area contributed by atoms with Crippen molar-refractivity contribution in [3.63, 3.8) is 0 Å². The second kappa shape index (κ2) is 10.3. The van der Waals surface area contributed by atoms with Crippen LogP contribution in [0, 0.1) is 5.41 Å². The van der Waals surface area contributed by atoms with E-state index in [-0.39, 0.29) is 17.6 Å². The van der Waals surface area contributed by atoms with Gasteiger partial charge in [-0.05, 0) is 71.6 Å². The van der Waals surface area contributed by atoms with Gasteiger partial charge < -0.3 is 19.5 Å². The largest absolute Gasteiger partial charge is 0.444 e. The van der Waals surface area contributed by atoms with E-state index in [1.807, 2.05) is 25.7 Å². The van der Waals surface area contributed by atoms with Gasteiger partial charge in [-0.15, -0.1) is 0 Å². The van der Waals surface area contributed by atoms with Crippen LogP contribution >= 0.6 is 0 Å². The van der Waals surface area contributed by atoms with Gasteiger partial charge in [-0.2, -0.15) is 10.1 Å². The minimum absolute atomic E-state index is 0.216. The molecule has 3 heterocycles. The molecule has 0 radical (unpaired) electrons. The Morgan fingerprint density at radius 2 is 2.03 bits per heavy atom. The molecule has 38 heavy (non-hydrogen) atoms. The molecule has 2 aromatic heterocycles. The van der Waals surface area contributed by atoms with Gasteiger partial charge in [0.2, 0.25) is 5.82 Å². The molecule has 0 bridgehead atoms. The lowest BCUT2D eigenvalue weighted by atomic mass is 9.76. The van der Waals surface area contributed by atoms with Gasteiger partial charge >= 0.3 is 6.09 Å². The molecule has 2 aromatic rings. The number of amides is 1. The quantitative estimate of drug-likeness (QED) is 0.578. The van der Waals surface area contributed by atoms with Crippen LogP contribution in [0.15, 0.2) is 22.8 Å². The number of carbonyl (C=O) groups is 1. The Balaban J connectivity index is 1.17. The summed E-state index contributed by atoms with van der Waals surface area (Å²) >= 11 is 0. The van der Waals surface area contributed by atoms with Crippen molar-refractivity contribution in [3.05, 3.63) is 35.3 Å². The summed E-state index contributed by atoms with van der Waals surface area (Å²) in [5, 5.41) is 12.9. The maximum atomic E-state index is 12.3. The fourth-order valence-corrected chi connectivity index (χ4v) is 5.64. The van der Waals surface area contributed by atoms with Crippen LogP contribution in [0.1, 0.15) is 84.3 Å². The number of aryl methyl sites for hydroxylation is 1. The lowest BCUT2D eigenvalue weighted by Crippen LogP contribution is -2.48. The Hall–Kier alpha value is -2.94. The van der Waals surface area contributed by atoms with Crippen LogP contribution in [0.25, 0.3) is 17.2 Å². The zero-order chi connectivity index (χ0) is 27.1. The van der Waals surface area contributed by atoms with Crippen molar-refractivity contribution in [2.75, 3.05) is 13.1 Å². The molecule has 3 aliphatic rings. The molecule has 206 valence electrons. The standard InChI is InChI=1S/C29H42N6O3/c1-7-35-23-18-29(5,6)15-12-22(23)24(32-35)26-31-25(33-38-26)19-8-10-20(11-9-19)30-21-13-16-34(17-14-21)27(36)37-28(2,3)4/h8-10,20-21,30H,7,11-18H2,1-6H3. The monoisotopic (exact) mass is 522 g/mol. The van der Waals surface area contributed by atoms with Crippen LogP contribution in [-0.4, -0.2) is 61.7 Å². The van der Waals surface area contributed by atoms with Crippen molar-refractivity contribution < 1.29 is 14.1 Å². The molecule has 1 N–H and O–H groups in total. The third kappa shape index (κ3) is 5.87. The van der Waals surface area contributed by atoms with Crippen LogP contribution < -0.4 is 5.32 Å². The Labute approximate surface area is 225 Å². The number of piperidine rings is 1. The molecule has 1 amide bonds. The highest BCUT2D eigenvalue weighted by molar-refractivity contribution is 5.72. The van der Waals surface area contributed by atoms with E-state index in [0.717, 1.165) is 56.3 Å². The summed E-state index contributed by atoms with van der Waals surface area (Å²) in [6.07, 6.45) is 12.0. The van der Waals surface area contributed by atoms with E-state index in [1.54, 1.807) is 0 Å². The SMILES string of the molecule is CCn1nc(-c2nc(C3=CCC(NC4CCN(C(=O)OC(C)(C)C)CC4)C=C3)no2)c2c1CC(C)(C)CC2. The van der Waals surface area contributed by atoms with Gasteiger partial charge in [0.25, 0.3) is 5.89 Å². The normalized spacial score (nSPS) is 21.8. The summed E-state index contributed by atoms with van der Waals surface area (Å²) in [4.78, 5) is 18.9. The highest BCUT2D eigenvalue weighted by Crippen LogP contribution is 2.39. The molecule has 1 aliphatic heterocycles. The van der Waals surface area contributed by atoms with Gasteiger partial charge in [-0.1, -0.05) is 37.2 Å². The number of hydrogen-bond acceptors (Lipinski definition) is 7. The topological polar surface area (TPSA) is 98.3 Å². The van der Waals surface area contributed by atoms with Crippen molar-refractivity contribution in [3.8, 4) is 11.6 Å². The van der Waals surface area contributed by atoms with E-state index in [1.165, 1.54) is 11.3 Å². The number of fused-ring (bicyclic) bond motifs is 1. The molecule has 0 spiro atoms. The first kappa shape index (κ1) is 26.7. The van der Waals surface area contributed by atoms with Gasteiger partial charge in [0.15, 0.2) is 5.69 Å². The number of hydrogen-bond donors (Lipinski definition) is 1. The lowest BCUT2D eigenvalue weighted by Gasteiger charge is -2.35. The van der Waals surface area contributed by atoms with E-state index in [2.05, 4.69) is 54.2 Å². The molecular formula is C29H42N6O3. The molecule has 1 atom stereocenters. The summed E-state index contributed by atoms with van der Waals surface area (Å²) in [5.41, 5.74) is 4.21. The van der Waals surface area contributed by atoms with Crippen molar-refractivity contribution in [1.29, 1.82) is 0 Å². The Morgan fingerprint density at radius 1 is 1.26 bits per heavy atom. The highest BCUT2D eigenvalue weighted by Gasteiger charge is 2.33. The fourth-order valence-electron chi connectivity index (χ4n) is 5.64. The number of allylic oxidation sites excluding steroid dienone is 2. The third-order valence-electron chi connectivity index (χ3n) is 7.75. The zero-order valence-corrected chi connectivity index (χ0v) is 23.7. The Morgan fingerprint density at radius 3 is 2.68 bits per heavy atom. The highest BCUT2D eigenvalue weighted by atomic mass is 16.6. The van der Waals surface area contributed by atoms with E-state index < -0.39 is 5.60 Å². The van der Waals surface area contributed by atoms with Gasteiger partial charge in [-0.3, -0.25) is 4.68 Å². The van der Waals surface area contributed by atoms with Crippen molar-refractivity contribution >= 4 is 11.7 Å². The predicted molar refractivity (Wildman–Crippen MR) is 146 cm³/mol. The predicted octanol–water partition coefficient (Wildman–Crippen LogP) is 5.17. The fraction of sp³-hybridized carbons (Fsp3) is 0.655. The van der Waals surface area contributed by atoms with E-state index in [9.17, 15) is 4.79 Å². The zero-order valence-electron chi connectivity index (χ0n) is 23.7. The second-order valence-corrected chi connectivity index (χ2v) is 12.6. The van der Waals surface area contributed by atoms with Crippen molar-refractivity contribution in [2.45, 2.75) is 104 Å². The number of ether oxygens (including phenoxy) is 1. The van der Waals surface area contributed by atoms with Crippen LogP contribution in [0.5, 0.6) is 0 Å². The number of nitrogens with one attached hydrogen (secondary N) is 1. The summed E-state index contributed by atoms with van der Waals surface area (Å²) < 4.78 is 13.3. The Kier molecular flexibility index (Phi) is 7.24. The van der Waals surface area contributed by atoms with Crippen LogP contribution in [0.3, 0.4) is 0 Å². The molecule has 2 aliphatic carbocycles. The van der Waals surface area contributed by atoms with E-state index in [0.29, 0.717) is 30.8 Å². The lowest BCUT2D eigenvalue weighted by molar-refractivity contribution is 0.0197. The number of rotatable bonds is 5. The third-order valence-corrected chi connectivity index (χ3v) is 7.75. The average Bonchev–Trinajstić information content (AvgIpc) is 3.48. The summed E-state index contributed by atoms with van der Waals surface area (Å²) in [6, 6.07) is 0.624. The molecule has 1 unspecified atom stereocenters. The van der Waals surface area contributed by atoms with Gasteiger partial charge in [0.1, 0.15) is 5.60 Å². The van der Waals surface area contributed by atoms with Crippen LogP contribution in [0.4, 0.5) is 4.79 Å². The average molecular weight is 523 g/mol. The number of carbonyl (C=O) groups excluding carboxylic acids is 1. The smallest absolute Gasteiger partial charge is 0.410 e. The van der Waals surface area contributed by atoms with Gasteiger partial charge in [-0.25, -0.2) is 4.79 Å². The van der Waals surface area contributed by atoms with Gasteiger partial charge in [0.05, 0.1) is 0 Å². The molecule has 1 fully saturated rings. The summed E-state index contributed by atoms with van der Waals surface area (Å²) in [5.74, 6) is 1.12. The number of aromatic nitrogens is 4. The molecule has 1 saturated heterocycles. The van der Waals surface area contributed by atoms with Crippen LogP contribution in [0.2, 0.25) is 0 Å². The summed E-state index contributed by atoms with van der Waals surface area (Å²) in [6.45, 7) is 14.7. The first-order valence-electron chi connectivity index (χ1n) is 14.1. The molecule has 0 saturated carbocycles. The van der Waals surface area contributed by atoms with Crippen molar-refractivity contribution in [2.24, 2.45) is 5.41 Å². The number of likely N-dealkylation sites (tertiary alicyclic amines) is 1. The maximum Gasteiger partial charge on any atom is 0.410 e. The molecule has 9 nitrogen and oxygen atoms in total. The van der Waals surface area contributed by atoms with E-state index >= 15 is 0 Å². The van der Waals surface area contributed by atoms with Crippen LogP contribution in [-0.2, 0) is 24.1 Å². The van der Waals surface area contributed by atoms with E-state index in [4.69, 9.17) is 19.3 Å². The van der Waals surface area contributed by atoms with Crippen molar-refractivity contribution in [1.82, 2.24) is 30.1 Å². The minimum Gasteiger partial charge on any atom is -0.444 e. The molecule has 0 aromatic carbocycles. The second-order valence-electron chi connectivity index (χ2n) is 12.6. The molecule has 9 heteroatoms. The van der Waals surface area contributed by atoms with Gasteiger partial charge in [0, 0.05) is 48.5 Å². The first-order chi connectivity index (χ1) is 18.0.